The van der Waals surface area contributed by atoms with Crippen LogP contribution in [0.4, 0.5) is 0 Å². The maximum atomic E-state index is 9.40. The average molecular weight is 292 g/mol. The second-order valence-electron chi connectivity index (χ2n) is 5.71. The van der Waals surface area contributed by atoms with Gasteiger partial charge in [-0.25, -0.2) is 4.98 Å². The fraction of sp³-hybridized carbons (Fsp3) is 0.533. The van der Waals surface area contributed by atoms with Crippen molar-refractivity contribution in [3.8, 4) is 0 Å². The summed E-state index contributed by atoms with van der Waals surface area (Å²) in [6.45, 7) is 4.47. The number of nitrogens with one attached hydrogen (secondary N) is 1. The van der Waals surface area contributed by atoms with Gasteiger partial charge >= 0.3 is 0 Å². The first-order valence-corrected chi connectivity index (χ1v) is 7.79. The molecule has 0 saturated carbocycles. The molecule has 0 radical (unpaired) electrons. The predicted octanol–water partition coefficient (Wildman–Crippen LogP) is 1.83. The lowest BCUT2D eigenvalue weighted by Crippen LogP contribution is -2.53. The summed E-state index contributed by atoms with van der Waals surface area (Å²) in [5.41, 5.74) is 1.01. The molecule has 0 aliphatic carbocycles. The number of fused-ring (bicyclic) bond motifs is 1. The maximum Gasteiger partial charge on any atom is 0.0954 e. The first kappa shape index (κ1) is 13.9. The van der Waals surface area contributed by atoms with Gasteiger partial charge in [-0.1, -0.05) is 12.1 Å². The second kappa shape index (κ2) is 5.77. The summed E-state index contributed by atoms with van der Waals surface area (Å²) in [5, 5.41) is 14.1. The van der Waals surface area contributed by atoms with Crippen LogP contribution in [0.1, 0.15) is 11.9 Å². The number of aliphatic hydroxyl groups is 1. The van der Waals surface area contributed by atoms with Crippen molar-refractivity contribution in [2.75, 3.05) is 26.4 Å². The minimum absolute atomic E-state index is 0.0676. The van der Waals surface area contributed by atoms with E-state index in [1.54, 1.807) is 11.3 Å². The van der Waals surface area contributed by atoms with E-state index in [2.05, 4.69) is 29.4 Å². The third kappa shape index (κ3) is 2.86. The zero-order valence-electron chi connectivity index (χ0n) is 11.6. The molecule has 1 unspecified atom stereocenters. The van der Waals surface area contributed by atoms with Gasteiger partial charge < -0.3 is 15.2 Å². The Morgan fingerprint density at radius 2 is 2.25 bits per heavy atom. The molecule has 1 aliphatic heterocycles. The smallest absolute Gasteiger partial charge is 0.0954 e. The zero-order chi connectivity index (χ0) is 14.0. The number of para-hydroxylation sites is 1. The van der Waals surface area contributed by atoms with E-state index in [0.29, 0.717) is 19.3 Å². The van der Waals surface area contributed by atoms with Crippen molar-refractivity contribution in [1.82, 2.24) is 10.3 Å². The van der Waals surface area contributed by atoms with Gasteiger partial charge in [0, 0.05) is 19.0 Å². The molecule has 1 aromatic heterocycles. The molecule has 108 valence electrons. The number of hydrogen-bond acceptors (Lipinski definition) is 5. The predicted molar refractivity (Wildman–Crippen MR) is 81.1 cm³/mol. The lowest BCUT2D eigenvalue weighted by Gasteiger charge is -2.40. The van der Waals surface area contributed by atoms with E-state index in [-0.39, 0.29) is 12.0 Å². The van der Waals surface area contributed by atoms with E-state index >= 15 is 0 Å². The van der Waals surface area contributed by atoms with Crippen molar-refractivity contribution in [1.29, 1.82) is 0 Å². The highest BCUT2D eigenvalue weighted by atomic mass is 32.1. The number of rotatable bonds is 6. The van der Waals surface area contributed by atoms with Crippen molar-refractivity contribution in [2.45, 2.75) is 19.4 Å². The SMILES string of the molecule is CC(Cc1nc2ccccc2s1)NCC1(CO)COC1. The van der Waals surface area contributed by atoms with Crippen molar-refractivity contribution >= 4 is 21.6 Å². The molecular formula is C15H20N2O2S. The van der Waals surface area contributed by atoms with E-state index < -0.39 is 0 Å². The lowest BCUT2D eigenvalue weighted by molar-refractivity contribution is -0.135. The normalized spacial score (nSPS) is 18.9. The standard InChI is InChI=1S/C15H20N2O2S/c1-11(16-7-15(8-18)9-19-10-15)6-14-17-12-4-2-3-5-13(12)20-14/h2-5,11,16,18H,6-10H2,1H3. The molecule has 20 heavy (non-hydrogen) atoms. The number of aromatic nitrogens is 1. The average Bonchev–Trinajstić information content (AvgIpc) is 2.80. The topological polar surface area (TPSA) is 54.4 Å². The van der Waals surface area contributed by atoms with Gasteiger partial charge in [0.1, 0.15) is 0 Å². The van der Waals surface area contributed by atoms with Crippen molar-refractivity contribution < 1.29 is 9.84 Å². The summed E-state index contributed by atoms with van der Waals surface area (Å²) in [4.78, 5) is 4.66. The molecule has 1 aliphatic rings. The molecule has 1 fully saturated rings. The third-order valence-electron chi connectivity index (χ3n) is 3.80. The van der Waals surface area contributed by atoms with Crippen LogP contribution in [0.3, 0.4) is 0 Å². The highest BCUT2D eigenvalue weighted by Gasteiger charge is 2.37. The van der Waals surface area contributed by atoms with Crippen LogP contribution in [-0.4, -0.2) is 42.5 Å². The molecule has 5 heteroatoms. The molecule has 0 spiro atoms. The maximum absolute atomic E-state index is 9.40. The van der Waals surface area contributed by atoms with Gasteiger partial charge in [-0.2, -0.15) is 0 Å². The van der Waals surface area contributed by atoms with E-state index in [0.717, 1.165) is 23.5 Å². The van der Waals surface area contributed by atoms with Crippen LogP contribution >= 0.6 is 11.3 Å². The molecule has 4 nitrogen and oxygen atoms in total. The first-order chi connectivity index (χ1) is 9.71. The third-order valence-corrected chi connectivity index (χ3v) is 4.86. The van der Waals surface area contributed by atoms with Crippen LogP contribution in [0.2, 0.25) is 0 Å². The largest absolute Gasteiger partial charge is 0.396 e. The van der Waals surface area contributed by atoms with Gasteiger partial charge in [-0.3, -0.25) is 0 Å². The van der Waals surface area contributed by atoms with Gasteiger partial charge in [0.2, 0.25) is 0 Å². The Kier molecular flexibility index (Phi) is 4.03. The van der Waals surface area contributed by atoms with Crippen LogP contribution in [0.25, 0.3) is 10.2 Å². The van der Waals surface area contributed by atoms with E-state index in [1.165, 1.54) is 4.70 Å². The molecule has 1 atom stereocenters. The lowest BCUT2D eigenvalue weighted by atomic mass is 9.87. The Morgan fingerprint density at radius 3 is 2.90 bits per heavy atom. The van der Waals surface area contributed by atoms with E-state index in [1.807, 2.05) is 12.1 Å². The molecule has 3 rings (SSSR count). The van der Waals surface area contributed by atoms with Gasteiger partial charge in [0.05, 0.1) is 40.5 Å². The highest BCUT2D eigenvalue weighted by Crippen LogP contribution is 2.26. The van der Waals surface area contributed by atoms with Crippen molar-refractivity contribution in [3.63, 3.8) is 0 Å². The Labute approximate surface area is 122 Å². The van der Waals surface area contributed by atoms with Gasteiger partial charge in [0.15, 0.2) is 0 Å². The van der Waals surface area contributed by atoms with Crippen LogP contribution < -0.4 is 5.32 Å². The number of benzene rings is 1. The van der Waals surface area contributed by atoms with Crippen LogP contribution in [0, 0.1) is 5.41 Å². The van der Waals surface area contributed by atoms with Crippen LogP contribution in [-0.2, 0) is 11.2 Å². The summed E-state index contributed by atoms with van der Waals surface area (Å²) in [6.07, 6.45) is 0.918. The fourth-order valence-electron chi connectivity index (χ4n) is 2.37. The van der Waals surface area contributed by atoms with Crippen LogP contribution in [0.5, 0.6) is 0 Å². The quantitative estimate of drug-likeness (QED) is 0.853. The monoisotopic (exact) mass is 292 g/mol. The molecular weight excluding hydrogens is 272 g/mol. The molecule has 2 aromatic rings. The minimum atomic E-state index is -0.0676. The van der Waals surface area contributed by atoms with Gasteiger partial charge in [0.25, 0.3) is 0 Å². The Hall–Kier alpha value is -1.01. The van der Waals surface area contributed by atoms with Crippen molar-refractivity contribution in [3.05, 3.63) is 29.3 Å². The Bertz CT molecular complexity index is 542. The number of thiazole rings is 1. The summed E-state index contributed by atoms with van der Waals surface area (Å²) >= 11 is 1.76. The summed E-state index contributed by atoms with van der Waals surface area (Å²) in [6, 6.07) is 8.59. The number of aliphatic hydroxyl groups excluding tert-OH is 1. The molecule has 1 saturated heterocycles. The second-order valence-corrected chi connectivity index (χ2v) is 6.83. The summed E-state index contributed by atoms with van der Waals surface area (Å²) in [7, 11) is 0. The number of nitrogens with zero attached hydrogens (tertiary/aromatic N) is 1. The molecule has 0 bridgehead atoms. The molecule has 0 amide bonds. The van der Waals surface area contributed by atoms with Gasteiger partial charge in [-0.05, 0) is 19.1 Å². The Balaban J connectivity index is 1.57. The van der Waals surface area contributed by atoms with E-state index in [4.69, 9.17) is 4.74 Å². The molecule has 2 heterocycles. The molecule has 2 N–H and O–H groups in total. The van der Waals surface area contributed by atoms with Crippen LogP contribution in [0.15, 0.2) is 24.3 Å². The van der Waals surface area contributed by atoms with E-state index in [9.17, 15) is 5.11 Å². The highest BCUT2D eigenvalue weighted by molar-refractivity contribution is 7.18. The minimum Gasteiger partial charge on any atom is -0.396 e. The van der Waals surface area contributed by atoms with Crippen molar-refractivity contribution in [2.24, 2.45) is 5.41 Å². The fourth-order valence-corrected chi connectivity index (χ4v) is 3.47. The Morgan fingerprint density at radius 1 is 1.45 bits per heavy atom. The first-order valence-electron chi connectivity index (χ1n) is 6.97. The zero-order valence-corrected chi connectivity index (χ0v) is 12.4. The number of hydrogen-bond donors (Lipinski definition) is 2. The summed E-state index contributed by atoms with van der Waals surface area (Å²) < 4.78 is 6.45. The molecule has 1 aromatic carbocycles. The summed E-state index contributed by atoms with van der Waals surface area (Å²) in [5.74, 6) is 0. The number of ether oxygens (including phenoxy) is 1. The van der Waals surface area contributed by atoms with Gasteiger partial charge in [-0.15, -0.1) is 11.3 Å².